The van der Waals surface area contributed by atoms with Gasteiger partial charge in [-0.3, -0.25) is 0 Å². The summed E-state index contributed by atoms with van der Waals surface area (Å²) in [6.45, 7) is 8.57. The van der Waals surface area contributed by atoms with Crippen LogP contribution in [-0.4, -0.2) is 10.1 Å². The summed E-state index contributed by atoms with van der Waals surface area (Å²) in [5, 5.41) is 4.75. The zero-order valence-corrected chi connectivity index (χ0v) is 14.5. The van der Waals surface area contributed by atoms with Crippen LogP contribution < -0.4 is 0 Å². The van der Waals surface area contributed by atoms with Gasteiger partial charge in [0.25, 0.3) is 5.89 Å². The maximum atomic E-state index is 6.06. The van der Waals surface area contributed by atoms with Crippen molar-refractivity contribution in [1.29, 1.82) is 0 Å². The van der Waals surface area contributed by atoms with Crippen LogP contribution in [0.3, 0.4) is 0 Å². The lowest BCUT2D eigenvalue weighted by Gasteiger charge is -2.18. The molecule has 0 saturated carbocycles. The first-order valence-corrected chi connectivity index (χ1v) is 7.93. The summed E-state index contributed by atoms with van der Waals surface area (Å²) in [5.41, 5.74) is 4.25. The van der Waals surface area contributed by atoms with Gasteiger partial charge < -0.3 is 4.52 Å². The molecule has 0 unspecified atom stereocenters. The topological polar surface area (TPSA) is 38.9 Å². The second-order valence-electron chi connectivity index (χ2n) is 6.71. The molecule has 0 bridgehead atoms. The van der Waals surface area contributed by atoms with Crippen molar-refractivity contribution in [2.45, 2.75) is 33.1 Å². The van der Waals surface area contributed by atoms with Gasteiger partial charge in [0.15, 0.2) is 0 Å². The maximum Gasteiger partial charge on any atom is 0.258 e. The first-order chi connectivity index (χ1) is 10.8. The Morgan fingerprint density at radius 1 is 1.00 bits per heavy atom. The molecule has 23 heavy (non-hydrogen) atoms. The van der Waals surface area contributed by atoms with E-state index < -0.39 is 0 Å². The summed E-state index contributed by atoms with van der Waals surface area (Å²) in [5.74, 6) is 1.07. The Kier molecular flexibility index (Phi) is 3.99. The molecule has 118 valence electrons. The minimum Gasteiger partial charge on any atom is -0.334 e. The van der Waals surface area contributed by atoms with Gasteiger partial charge in [0.1, 0.15) is 0 Å². The highest BCUT2D eigenvalue weighted by Gasteiger charge is 2.16. The van der Waals surface area contributed by atoms with Crippen molar-refractivity contribution in [3.8, 4) is 22.8 Å². The SMILES string of the molecule is Cc1ccc(Cl)cc1-c1noc(-c2ccc(C(C)(C)C)cc2)n1. The van der Waals surface area contributed by atoms with Crippen LogP contribution in [0.1, 0.15) is 31.9 Å². The van der Waals surface area contributed by atoms with E-state index in [-0.39, 0.29) is 5.41 Å². The summed E-state index contributed by atoms with van der Waals surface area (Å²) >= 11 is 6.06. The summed E-state index contributed by atoms with van der Waals surface area (Å²) in [4.78, 5) is 4.51. The molecule has 3 nitrogen and oxygen atoms in total. The molecular formula is C19H19ClN2O. The molecule has 0 radical (unpaired) electrons. The Morgan fingerprint density at radius 2 is 1.70 bits per heavy atom. The van der Waals surface area contributed by atoms with Crippen molar-refractivity contribution in [2.24, 2.45) is 0 Å². The van der Waals surface area contributed by atoms with Crippen LogP contribution in [0.2, 0.25) is 5.02 Å². The van der Waals surface area contributed by atoms with Gasteiger partial charge in [0.05, 0.1) is 0 Å². The lowest BCUT2D eigenvalue weighted by Crippen LogP contribution is -2.10. The Balaban J connectivity index is 1.94. The molecule has 0 aliphatic heterocycles. The number of nitrogens with zero attached hydrogens (tertiary/aromatic N) is 2. The number of hydrogen-bond acceptors (Lipinski definition) is 3. The fourth-order valence-corrected chi connectivity index (χ4v) is 2.57. The molecule has 0 amide bonds. The molecule has 1 heterocycles. The van der Waals surface area contributed by atoms with Gasteiger partial charge in [0.2, 0.25) is 5.82 Å². The first kappa shape index (κ1) is 15.8. The van der Waals surface area contributed by atoms with E-state index in [0.717, 1.165) is 16.7 Å². The van der Waals surface area contributed by atoms with Gasteiger partial charge in [-0.05, 0) is 47.7 Å². The number of benzene rings is 2. The standard InChI is InChI=1S/C19H19ClN2O/c1-12-5-10-15(20)11-16(12)17-21-18(23-22-17)13-6-8-14(9-7-13)19(2,3)4/h5-11H,1-4H3. The molecular weight excluding hydrogens is 308 g/mol. The molecule has 3 rings (SSSR count). The van der Waals surface area contributed by atoms with Gasteiger partial charge in [-0.2, -0.15) is 4.98 Å². The van der Waals surface area contributed by atoms with Crippen LogP contribution in [0.15, 0.2) is 47.0 Å². The lowest BCUT2D eigenvalue weighted by molar-refractivity contribution is 0.432. The van der Waals surface area contributed by atoms with E-state index in [2.05, 4.69) is 43.0 Å². The monoisotopic (exact) mass is 326 g/mol. The van der Waals surface area contributed by atoms with Gasteiger partial charge in [0, 0.05) is 16.1 Å². The molecule has 0 N–H and O–H groups in total. The number of halogens is 1. The number of aromatic nitrogens is 2. The van der Waals surface area contributed by atoms with Gasteiger partial charge in [-0.1, -0.05) is 55.7 Å². The smallest absolute Gasteiger partial charge is 0.258 e. The Morgan fingerprint density at radius 3 is 2.35 bits per heavy atom. The third-order valence-electron chi connectivity index (χ3n) is 3.86. The zero-order valence-electron chi connectivity index (χ0n) is 13.7. The number of hydrogen-bond donors (Lipinski definition) is 0. The fourth-order valence-electron chi connectivity index (χ4n) is 2.40. The van der Waals surface area contributed by atoms with Gasteiger partial charge in [-0.15, -0.1) is 0 Å². The Bertz CT molecular complexity index is 829. The van der Waals surface area contributed by atoms with E-state index >= 15 is 0 Å². The average molecular weight is 327 g/mol. The van der Waals surface area contributed by atoms with Crippen LogP contribution in [0, 0.1) is 6.92 Å². The summed E-state index contributed by atoms with van der Waals surface area (Å²) in [7, 11) is 0. The van der Waals surface area contributed by atoms with Gasteiger partial charge in [-0.25, -0.2) is 0 Å². The molecule has 0 aliphatic rings. The predicted molar refractivity (Wildman–Crippen MR) is 93.6 cm³/mol. The Labute approximate surface area is 141 Å². The summed E-state index contributed by atoms with van der Waals surface area (Å²) < 4.78 is 5.42. The average Bonchev–Trinajstić information content (AvgIpc) is 2.99. The fraction of sp³-hybridized carbons (Fsp3) is 0.263. The minimum absolute atomic E-state index is 0.121. The van der Waals surface area contributed by atoms with Crippen LogP contribution in [0.5, 0.6) is 0 Å². The highest BCUT2D eigenvalue weighted by atomic mass is 35.5. The molecule has 0 aliphatic carbocycles. The quantitative estimate of drug-likeness (QED) is 0.609. The largest absolute Gasteiger partial charge is 0.334 e. The molecule has 1 aromatic heterocycles. The number of aryl methyl sites for hydroxylation is 1. The van der Waals surface area contributed by atoms with Crippen molar-refractivity contribution < 1.29 is 4.52 Å². The van der Waals surface area contributed by atoms with Crippen molar-refractivity contribution >= 4 is 11.6 Å². The normalized spacial score (nSPS) is 11.7. The second kappa shape index (κ2) is 5.82. The van der Waals surface area contributed by atoms with Crippen LogP contribution in [0.25, 0.3) is 22.8 Å². The molecule has 3 aromatic rings. The highest BCUT2D eigenvalue weighted by molar-refractivity contribution is 6.30. The zero-order chi connectivity index (χ0) is 16.6. The van der Waals surface area contributed by atoms with E-state index in [9.17, 15) is 0 Å². The van der Waals surface area contributed by atoms with Crippen LogP contribution >= 0.6 is 11.6 Å². The second-order valence-corrected chi connectivity index (χ2v) is 7.15. The van der Waals surface area contributed by atoms with E-state index in [4.69, 9.17) is 16.1 Å². The van der Waals surface area contributed by atoms with E-state index in [1.807, 2.05) is 37.3 Å². The third kappa shape index (κ3) is 3.30. The van der Waals surface area contributed by atoms with Crippen molar-refractivity contribution in [3.63, 3.8) is 0 Å². The Hall–Kier alpha value is -2.13. The van der Waals surface area contributed by atoms with E-state index in [0.29, 0.717) is 16.7 Å². The first-order valence-electron chi connectivity index (χ1n) is 7.56. The van der Waals surface area contributed by atoms with Gasteiger partial charge >= 0.3 is 0 Å². The molecule has 0 fully saturated rings. The van der Waals surface area contributed by atoms with Crippen LogP contribution in [-0.2, 0) is 5.41 Å². The third-order valence-corrected chi connectivity index (χ3v) is 4.10. The minimum atomic E-state index is 0.121. The highest BCUT2D eigenvalue weighted by Crippen LogP contribution is 2.28. The summed E-state index contributed by atoms with van der Waals surface area (Å²) in [6.07, 6.45) is 0. The number of rotatable bonds is 2. The predicted octanol–water partition coefficient (Wildman–Crippen LogP) is 5.66. The van der Waals surface area contributed by atoms with Crippen molar-refractivity contribution in [2.75, 3.05) is 0 Å². The van der Waals surface area contributed by atoms with Crippen LogP contribution in [0.4, 0.5) is 0 Å². The molecule has 4 heteroatoms. The molecule has 0 atom stereocenters. The summed E-state index contributed by atoms with van der Waals surface area (Å²) in [6, 6.07) is 13.9. The molecule has 2 aromatic carbocycles. The molecule has 0 spiro atoms. The maximum absolute atomic E-state index is 6.06. The lowest BCUT2D eigenvalue weighted by atomic mass is 9.87. The van der Waals surface area contributed by atoms with E-state index in [1.54, 1.807) is 0 Å². The van der Waals surface area contributed by atoms with Crippen molar-refractivity contribution in [3.05, 3.63) is 58.6 Å². The molecule has 0 saturated heterocycles. The van der Waals surface area contributed by atoms with E-state index in [1.165, 1.54) is 5.56 Å². The van der Waals surface area contributed by atoms with Crippen molar-refractivity contribution in [1.82, 2.24) is 10.1 Å².